The van der Waals surface area contributed by atoms with Gasteiger partial charge in [-0.1, -0.05) is 63.9 Å². The summed E-state index contributed by atoms with van der Waals surface area (Å²) < 4.78 is 85.8. The molecule has 109 heavy (non-hydrogen) atoms. The van der Waals surface area contributed by atoms with E-state index in [1.54, 1.807) is 37.4 Å². The van der Waals surface area contributed by atoms with E-state index in [4.69, 9.17) is 38.4 Å². The Kier molecular flexibility index (Phi) is 29.5. The lowest BCUT2D eigenvalue weighted by Crippen LogP contribution is -2.51. The molecule has 1 aromatic carbocycles. The number of ether oxygens (including phenoxy) is 1. The Labute approximate surface area is 646 Å². The Hall–Kier alpha value is -11.5. The van der Waals surface area contributed by atoms with Gasteiger partial charge in [0, 0.05) is 142 Å². The number of halogens is 6. The van der Waals surface area contributed by atoms with E-state index in [0.29, 0.717) is 98.1 Å². The van der Waals surface area contributed by atoms with E-state index >= 15 is 0 Å². The summed E-state index contributed by atoms with van der Waals surface area (Å²) in [7, 11) is 0. The first-order chi connectivity index (χ1) is 52.4. The van der Waals surface area contributed by atoms with Crippen molar-refractivity contribution < 1.29 is 67.4 Å². The van der Waals surface area contributed by atoms with E-state index in [2.05, 4.69) is 95.3 Å². The third-order valence-corrected chi connectivity index (χ3v) is 17.7. The van der Waals surface area contributed by atoms with E-state index in [0.717, 1.165) is 56.5 Å². The van der Waals surface area contributed by atoms with Crippen LogP contribution in [0.4, 0.5) is 67.1 Å². The highest BCUT2D eigenvalue weighted by molar-refractivity contribution is 6.13. The molecule has 3 saturated heterocycles. The maximum Gasteiger partial charge on any atom is 0.266 e. The minimum atomic E-state index is -2.85. The van der Waals surface area contributed by atoms with Crippen LogP contribution in [-0.4, -0.2) is 147 Å². The standard InChI is InChI=1S/C22H21F2N5O.C22H27N5O.C20H25F2N5O.C15H16F2N4O2.12H2/c23-21(24)15-8-9-18(28-19(15)20(30)16-7-4-10-27-22(16)25)29-12-11-26-17(13-29)14-5-2-1-3-6-14;1-4-6-16-8-9-19(27-12-11-24-17(14-27)13-15(2)3)26-20(16)21(28)18-7-5-10-25-22(18)23;1-12(2)10-13-11-27(9-8-24-13)16-6-5-14(19(21)22)17(26-16)18(28)15-4-3-7-25-20(15)23;16-14(17)9-4-5-11(23-8-2-6-18)21-12(9)13(22)10-3-1-7-20-15(10)19;;;;;;;;;;;;/h1-10,17,21,26H,11-13H2,(H2,25,27);5,7-10,15,17,24H,11-14H2,1-3H3,(H2,23,25);3-7,12-13,19,24H,8-11H2,1-2H3,(H2,23,25);1,3-5,7,14H,2,6,8,18H2,(H2,19,20);12*1H/t;17-;13-;;;;;;;;;;;;;/m.00............./s1. The first-order valence-electron chi connectivity index (χ1n) is 35.6. The van der Waals surface area contributed by atoms with Crippen molar-refractivity contribution in [2.45, 2.75) is 91.3 Å². The number of aromatic nitrogens is 8. The van der Waals surface area contributed by atoms with E-state index < -0.39 is 59.0 Å². The van der Waals surface area contributed by atoms with Crippen molar-refractivity contribution in [1.29, 1.82) is 0 Å². The average Bonchev–Trinajstić information content (AvgIpc) is 0.808. The van der Waals surface area contributed by atoms with Crippen molar-refractivity contribution >= 4 is 63.9 Å². The zero-order valence-corrected chi connectivity index (χ0v) is 61.1. The van der Waals surface area contributed by atoms with E-state index in [1.807, 2.05) is 52.3 Å². The third-order valence-electron chi connectivity index (χ3n) is 17.7. The number of rotatable bonds is 23. The highest BCUT2D eigenvalue weighted by atomic mass is 19.3. The van der Waals surface area contributed by atoms with Crippen LogP contribution >= 0.6 is 0 Å². The van der Waals surface area contributed by atoms with Crippen LogP contribution in [0.2, 0.25) is 0 Å². The molecule has 1 unspecified atom stereocenters. The molecule has 3 fully saturated rings. The maximum absolute atomic E-state index is 13.6. The van der Waals surface area contributed by atoms with E-state index in [1.165, 1.54) is 73.2 Å². The third kappa shape index (κ3) is 21.9. The Bertz CT molecular complexity index is 4700. The normalized spacial score (nSPS) is 15.6. The largest absolute Gasteiger partial charge is 0.478 e. The number of hydrogen-bond donors (Lipinski definition) is 8. The minimum Gasteiger partial charge on any atom is -0.478 e. The predicted molar refractivity (Wildman–Crippen MR) is 434 cm³/mol. The Morgan fingerprint density at radius 2 is 0.862 bits per heavy atom. The number of hydrogen-bond acceptors (Lipinski definition) is 24. The van der Waals surface area contributed by atoms with Gasteiger partial charge in [-0.25, -0.2) is 66.2 Å². The summed E-state index contributed by atoms with van der Waals surface area (Å²) in [5.74, 6) is 6.74. The molecule has 12 rings (SSSR count). The summed E-state index contributed by atoms with van der Waals surface area (Å²) in [5, 5.41) is 10.5. The van der Waals surface area contributed by atoms with Gasteiger partial charge in [-0.15, -0.1) is 5.92 Å². The molecule has 596 valence electrons. The number of alkyl halides is 6. The molecule has 9 aromatic rings. The molecule has 0 spiro atoms. The topological polar surface area (TPSA) is 357 Å². The van der Waals surface area contributed by atoms with Gasteiger partial charge in [-0.3, -0.25) is 19.2 Å². The number of anilines is 7. The maximum atomic E-state index is 13.6. The SMILES string of the molecule is CC#Cc1ccc(N2CCN[C@@H](CC(C)C)C2)nc1C(=O)c1cccnc1N.CC(C)C[C@H]1CN(c2ccc(C(F)F)c(C(=O)c3cccnc3N)n2)CCN1.NCCCOc1ccc(C(F)F)c(C(=O)c2cccnc2N)n1.Nc1ncccc1C(=O)c1nc(N2CCNC(c3ccccc3)C2)ccc1C(F)F.[HH].[HH].[HH].[HH].[HH].[HH].[HH].[HH].[HH].[HH].[HH].[HH]. The average molecular weight is 1520 g/mol. The number of ketones is 4. The lowest BCUT2D eigenvalue weighted by Gasteiger charge is -2.35. The van der Waals surface area contributed by atoms with E-state index in [-0.39, 0.29) is 92.8 Å². The van der Waals surface area contributed by atoms with Gasteiger partial charge in [0.2, 0.25) is 29.0 Å². The van der Waals surface area contributed by atoms with Gasteiger partial charge < -0.3 is 64.1 Å². The van der Waals surface area contributed by atoms with Gasteiger partial charge in [-0.2, -0.15) is 0 Å². The van der Waals surface area contributed by atoms with Crippen molar-refractivity contribution in [3.8, 4) is 17.7 Å². The number of carbonyl (C=O) groups is 4. The summed E-state index contributed by atoms with van der Waals surface area (Å²) in [6, 6.07) is 34.9. The van der Waals surface area contributed by atoms with Crippen LogP contribution in [0.5, 0.6) is 5.88 Å². The van der Waals surface area contributed by atoms with Crippen molar-refractivity contribution in [2.24, 2.45) is 17.6 Å². The zero-order valence-electron chi connectivity index (χ0n) is 61.1. The van der Waals surface area contributed by atoms with Gasteiger partial charge in [0.25, 0.3) is 19.3 Å². The summed E-state index contributed by atoms with van der Waals surface area (Å²) in [4.78, 5) is 90.6. The monoisotopic (exact) mass is 1520 g/mol. The molecule has 11 heterocycles. The van der Waals surface area contributed by atoms with Crippen molar-refractivity contribution in [3.05, 3.63) is 225 Å². The van der Waals surface area contributed by atoms with Crippen molar-refractivity contribution in [1.82, 2.24) is 55.8 Å². The molecular weight excluding hydrogens is 1410 g/mol. The molecule has 8 aromatic heterocycles. The smallest absolute Gasteiger partial charge is 0.266 e. The van der Waals surface area contributed by atoms with Crippen LogP contribution in [0.3, 0.4) is 0 Å². The number of piperazine rings is 3. The Morgan fingerprint density at radius 3 is 1.26 bits per heavy atom. The number of carbonyl (C=O) groups excluding carboxylic acids is 4. The highest BCUT2D eigenvalue weighted by Crippen LogP contribution is 2.33. The quantitative estimate of drug-likeness (QED) is 0.0128. The highest BCUT2D eigenvalue weighted by Gasteiger charge is 2.31. The second-order valence-corrected chi connectivity index (χ2v) is 26.5. The fourth-order valence-electron chi connectivity index (χ4n) is 12.5. The molecule has 0 aliphatic carbocycles. The van der Waals surface area contributed by atoms with Gasteiger partial charge >= 0.3 is 0 Å². The number of nitrogens with one attached hydrogen (secondary N) is 3. The van der Waals surface area contributed by atoms with Gasteiger partial charge in [0.05, 0.1) is 34.4 Å². The molecular formula is C79H113F6N19O5. The van der Waals surface area contributed by atoms with Crippen LogP contribution in [0.15, 0.2) is 152 Å². The van der Waals surface area contributed by atoms with Crippen LogP contribution in [-0.2, 0) is 0 Å². The Balaban J connectivity index is -0.000000733. The summed E-state index contributed by atoms with van der Waals surface area (Å²) in [5.41, 5.74) is 28.7. The van der Waals surface area contributed by atoms with Crippen molar-refractivity contribution in [3.63, 3.8) is 0 Å². The zero-order chi connectivity index (χ0) is 78.3. The number of nitrogens with two attached hydrogens (primary N) is 5. The molecule has 30 heteroatoms. The minimum absolute atomic E-state index is 0. The van der Waals surface area contributed by atoms with Gasteiger partial charge in [0.1, 0.15) is 63.5 Å². The van der Waals surface area contributed by atoms with Gasteiger partial charge in [-0.05, 0) is 141 Å². The first-order valence-corrected chi connectivity index (χ1v) is 35.6. The fraction of sp³-hybridized carbons (Fsp3) is 0.342. The molecule has 0 radical (unpaired) electrons. The van der Waals surface area contributed by atoms with Crippen LogP contribution in [0.25, 0.3) is 0 Å². The number of nitrogen functional groups attached to an aromatic ring is 4. The summed E-state index contributed by atoms with van der Waals surface area (Å²) in [6.45, 7) is 18.0. The second kappa shape index (κ2) is 39.4. The van der Waals surface area contributed by atoms with Gasteiger partial charge in [0.15, 0.2) is 0 Å². The van der Waals surface area contributed by atoms with Crippen LogP contribution in [0, 0.1) is 23.7 Å². The summed E-state index contributed by atoms with van der Waals surface area (Å²) >= 11 is 0. The molecule has 0 amide bonds. The van der Waals surface area contributed by atoms with E-state index in [9.17, 15) is 45.5 Å². The predicted octanol–water partition coefficient (Wildman–Crippen LogP) is 13.8. The molecule has 3 aliphatic heterocycles. The Morgan fingerprint density at radius 1 is 0.486 bits per heavy atom. The number of pyridine rings is 8. The molecule has 24 nitrogen and oxygen atoms in total. The summed E-state index contributed by atoms with van der Waals surface area (Å²) in [6.07, 6.45) is 0.0528. The molecule has 13 N–H and O–H groups in total. The van der Waals surface area contributed by atoms with Crippen LogP contribution in [0.1, 0.15) is 188 Å². The van der Waals surface area contributed by atoms with Crippen LogP contribution < -0.4 is 64.1 Å². The lowest BCUT2D eigenvalue weighted by molar-refractivity contribution is 0.101. The number of nitrogens with zero attached hydrogens (tertiary/aromatic N) is 11. The lowest BCUT2D eigenvalue weighted by atomic mass is 10.0. The molecule has 0 bridgehead atoms. The van der Waals surface area contributed by atoms with Crippen molar-refractivity contribution in [2.75, 3.05) is 110 Å². The molecule has 3 atom stereocenters. The fourth-order valence-corrected chi connectivity index (χ4v) is 12.5. The second-order valence-electron chi connectivity index (χ2n) is 26.5. The number of benzene rings is 1. The molecule has 0 saturated carbocycles. The first kappa shape index (κ1) is 81.6. The molecule has 3 aliphatic rings.